The van der Waals surface area contributed by atoms with Gasteiger partial charge in [-0.3, -0.25) is 0 Å². The van der Waals surface area contributed by atoms with Crippen molar-refractivity contribution in [1.82, 2.24) is 9.97 Å². The summed E-state index contributed by atoms with van der Waals surface area (Å²) in [6.07, 6.45) is 21.6. The molecule has 2 aromatic heterocycles. The van der Waals surface area contributed by atoms with Crippen molar-refractivity contribution >= 4 is 21.8 Å². The minimum absolute atomic E-state index is 0.638. The van der Waals surface area contributed by atoms with Crippen LogP contribution in [0.3, 0.4) is 0 Å². The van der Waals surface area contributed by atoms with Crippen LogP contribution in [0.4, 0.5) is 0 Å². The third-order valence-corrected chi connectivity index (χ3v) is 9.43. The number of aromatic nitrogens is 2. The molecule has 0 amide bonds. The first-order chi connectivity index (χ1) is 24.8. The molecule has 0 fully saturated rings. The minimum atomic E-state index is 0.638. The van der Waals surface area contributed by atoms with Crippen LogP contribution in [0, 0.1) is 0 Å². The van der Waals surface area contributed by atoms with Crippen molar-refractivity contribution in [2.75, 3.05) is 26.4 Å². The molecule has 0 radical (unpaired) electrons. The third kappa shape index (κ3) is 8.30. The van der Waals surface area contributed by atoms with E-state index in [1.807, 2.05) is 36.4 Å². The van der Waals surface area contributed by atoms with Crippen LogP contribution in [0.2, 0.25) is 0 Å². The molecule has 6 bridgehead atoms. The van der Waals surface area contributed by atoms with Crippen molar-refractivity contribution in [2.24, 2.45) is 0 Å². The van der Waals surface area contributed by atoms with Crippen LogP contribution >= 0.6 is 0 Å². The Bertz CT molecular complexity index is 1740. The molecule has 2 aliphatic heterocycles. The lowest BCUT2D eigenvalue weighted by Gasteiger charge is -2.18. The van der Waals surface area contributed by atoms with Crippen LogP contribution in [0.1, 0.15) is 77.0 Å². The summed E-state index contributed by atoms with van der Waals surface area (Å²) in [4.78, 5) is 10.6. The Morgan fingerprint density at radius 3 is 1.02 bits per heavy atom. The van der Waals surface area contributed by atoms with Crippen molar-refractivity contribution < 1.29 is 18.9 Å². The number of benzene rings is 3. The van der Waals surface area contributed by atoms with E-state index in [-0.39, 0.29) is 0 Å². The predicted octanol–water partition coefficient (Wildman–Crippen LogP) is 11.5. The van der Waals surface area contributed by atoms with Gasteiger partial charge in [0.15, 0.2) is 0 Å². The van der Waals surface area contributed by atoms with E-state index in [2.05, 4.69) is 60.7 Å². The van der Waals surface area contributed by atoms with Crippen molar-refractivity contribution in [3.63, 3.8) is 0 Å². The normalized spacial score (nSPS) is 18.1. The monoisotopic (exact) mass is 668 g/mol. The molecule has 0 unspecified atom stereocenters. The molecule has 0 N–H and O–H groups in total. The Morgan fingerprint density at radius 2 is 0.680 bits per heavy atom. The third-order valence-electron chi connectivity index (χ3n) is 9.43. The molecule has 6 heteroatoms. The van der Waals surface area contributed by atoms with Gasteiger partial charge in [0, 0.05) is 10.8 Å². The van der Waals surface area contributed by atoms with Gasteiger partial charge in [0.1, 0.15) is 23.0 Å². The maximum Gasteiger partial charge on any atom is 0.132 e. The van der Waals surface area contributed by atoms with E-state index in [9.17, 15) is 0 Å². The van der Waals surface area contributed by atoms with Crippen molar-refractivity contribution in [1.29, 1.82) is 0 Å². The predicted molar refractivity (Wildman–Crippen MR) is 204 cm³/mol. The zero-order valence-electron chi connectivity index (χ0n) is 29.1. The Morgan fingerprint density at radius 1 is 0.360 bits per heavy atom. The van der Waals surface area contributed by atoms with E-state index in [1.165, 1.54) is 0 Å². The summed E-state index contributed by atoms with van der Waals surface area (Å²) in [6, 6.07) is 24.9. The number of nitrogens with zero attached hydrogens (tertiary/aromatic N) is 2. The fourth-order valence-corrected chi connectivity index (χ4v) is 6.71. The SMILES string of the molecule is C1=C\CCCCOc2cccc3c2-c2ccc4ccc5ccc(nc5c4n2)-c2c(cccc2OCCCC/C=C/CCCCO3)OCCCC/1. The number of pyridine rings is 2. The van der Waals surface area contributed by atoms with Crippen molar-refractivity contribution in [3.8, 4) is 45.5 Å². The molecule has 5 aromatic rings. The molecule has 258 valence electrons. The average molecular weight is 669 g/mol. The van der Waals surface area contributed by atoms with E-state index in [4.69, 9.17) is 28.9 Å². The topological polar surface area (TPSA) is 62.7 Å². The van der Waals surface area contributed by atoms with Crippen LogP contribution in [-0.2, 0) is 0 Å². The maximum absolute atomic E-state index is 6.49. The first-order valence-electron chi connectivity index (χ1n) is 18.6. The maximum atomic E-state index is 6.49. The fourth-order valence-electron chi connectivity index (χ4n) is 6.71. The van der Waals surface area contributed by atoms with Crippen LogP contribution in [0.15, 0.2) is 97.1 Å². The number of rotatable bonds is 0. The molecule has 7 rings (SSSR count). The summed E-state index contributed by atoms with van der Waals surface area (Å²) in [5.41, 5.74) is 5.08. The zero-order chi connectivity index (χ0) is 33.8. The highest BCUT2D eigenvalue weighted by Gasteiger charge is 2.19. The van der Waals surface area contributed by atoms with Gasteiger partial charge in [-0.25, -0.2) is 9.97 Å². The molecular formula is C44H48N2O4. The van der Waals surface area contributed by atoms with Crippen LogP contribution in [0.25, 0.3) is 44.3 Å². The molecule has 0 saturated carbocycles. The fraction of sp³-hybridized carbons (Fsp3) is 0.364. The summed E-state index contributed by atoms with van der Waals surface area (Å²) in [7, 11) is 0. The Kier molecular flexibility index (Phi) is 11.6. The van der Waals surface area contributed by atoms with Gasteiger partial charge in [0.2, 0.25) is 0 Å². The lowest BCUT2D eigenvalue weighted by atomic mass is 10.0. The van der Waals surface area contributed by atoms with Gasteiger partial charge in [-0.1, -0.05) is 60.7 Å². The van der Waals surface area contributed by atoms with Gasteiger partial charge < -0.3 is 18.9 Å². The second-order valence-electron chi connectivity index (χ2n) is 13.2. The van der Waals surface area contributed by atoms with E-state index in [1.54, 1.807) is 0 Å². The molecule has 3 aromatic carbocycles. The standard InChI is InChI=1S/C44H48N2O4/c1-2-6-10-14-30-48-38-20-18-22-40-42(38)36-28-26-34-24-23-33-25-27-35(45-43(33)44(34)46-36)41-37(47-29-13-9-5-1)19-17-21-39(41)49-31-15-11-7-3-4-8-12-16-32-50-40/h1-4,17-28H,5-16,29-32H2/b2-1-,4-3+. The summed E-state index contributed by atoms with van der Waals surface area (Å²) >= 11 is 0. The Hall–Kier alpha value is -4.84. The number of allylic oxidation sites excluding steroid dienone is 4. The number of hydrogen-bond acceptors (Lipinski definition) is 6. The highest BCUT2D eigenvalue weighted by atomic mass is 16.5. The molecule has 4 heterocycles. The summed E-state index contributed by atoms with van der Waals surface area (Å²) in [6.45, 7) is 2.55. The second-order valence-corrected chi connectivity index (χ2v) is 13.2. The van der Waals surface area contributed by atoms with E-state index in [0.717, 1.165) is 144 Å². The van der Waals surface area contributed by atoms with Crippen LogP contribution in [0.5, 0.6) is 23.0 Å². The van der Waals surface area contributed by atoms with Crippen molar-refractivity contribution in [3.05, 3.63) is 97.1 Å². The molecule has 0 aliphatic carbocycles. The second kappa shape index (κ2) is 17.2. The Labute approximate surface area is 296 Å². The van der Waals surface area contributed by atoms with E-state index >= 15 is 0 Å². The van der Waals surface area contributed by atoms with Gasteiger partial charge in [0.25, 0.3) is 0 Å². The summed E-state index contributed by atoms with van der Waals surface area (Å²) in [5.74, 6) is 3.19. The molecular weight excluding hydrogens is 620 g/mol. The average Bonchev–Trinajstić information content (AvgIpc) is 3.14. The lowest BCUT2D eigenvalue weighted by molar-refractivity contribution is 0.293. The van der Waals surface area contributed by atoms with Gasteiger partial charge >= 0.3 is 0 Å². The summed E-state index contributed by atoms with van der Waals surface area (Å²) in [5, 5.41) is 2.05. The number of ether oxygens (including phenoxy) is 4. The van der Waals surface area contributed by atoms with Gasteiger partial charge in [-0.15, -0.1) is 0 Å². The minimum Gasteiger partial charge on any atom is -0.493 e. The molecule has 0 atom stereocenters. The van der Waals surface area contributed by atoms with E-state index in [0.29, 0.717) is 26.4 Å². The zero-order valence-corrected chi connectivity index (χ0v) is 29.1. The lowest BCUT2D eigenvalue weighted by Crippen LogP contribution is -2.04. The molecule has 0 spiro atoms. The van der Waals surface area contributed by atoms with Crippen LogP contribution in [-0.4, -0.2) is 36.4 Å². The van der Waals surface area contributed by atoms with Gasteiger partial charge in [-0.2, -0.15) is 0 Å². The molecule has 0 saturated heterocycles. The van der Waals surface area contributed by atoms with Gasteiger partial charge in [0.05, 0.1) is 60.0 Å². The van der Waals surface area contributed by atoms with Crippen molar-refractivity contribution in [2.45, 2.75) is 77.0 Å². The largest absolute Gasteiger partial charge is 0.493 e. The Balaban J connectivity index is 1.38. The van der Waals surface area contributed by atoms with E-state index < -0.39 is 0 Å². The highest BCUT2D eigenvalue weighted by molar-refractivity contribution is 6.04. The van der Waals surface area contributed by atoms with Crippen LogP contribution < -0.4 is 18.9 Å². The summed E-state index contributed by atoms with van der Waals surface area (Å²) < 4.78 is 26.0. The molecule has 2 aliphatic rings. The quantitative estimate of drug-likeness (QED) is 0.121. The molecule has 6 nitrogen and oxygen atoms in total. The molecule has 50 heavy (non-hydrogen) atoms. The van der Waals surface area contributed by atoms with Gasteiger partial charge in [-0.05, 0) is 113 Å². The first kappa shape index (κ1) is 33.6. The number of hydrogen-bond donors (Lipinski definition) is 0. The first-order valence-corrected chi connectivity index (χ1v) is 18.6. The smallest absolute Gasteiger partial charge is 0.132 e. The highest BCUT2D eigenvalue weighted by Crippen LogP contribution is 2.41.